The minimum atomic E-state index is -0.460. The molecule has 0 saturated heterocycles. The fourth-order valence-corrected chi connectivity index (χ4v) is 1.38. The van der Waals surface area contributed by atoms with E-state index in [4.69, 9.17) is 19.3 Å². The van der Waals surface area contributed by atoms with E-state index in [2.05, 4.69) is 0 Å². The maximum absolute atomic E-state index is 11.3. The SMILES string of the molecule is CC(C)(C)OC(=O)COCCCOCCCCCO. The topological polar surface area (TPSA) is 65.0 Å². The molecule has 0 amide bonds. The average Bonchev–Trinajstić information content (AvgIpc) is 2.29. The van der Waals surface area contributed by atoms with Crippen LogP contribution in [-0.4, -0.2) is 49.7 Å². The minimum Gasteiger partial charge on any atom is -0.458 e. The molecule has 19 heavy (non-hydrogen) atoms. The van der Waals surface area contributed by atoms with Crippen molar-refractivity contribution in [3.8, 4) is 0 Å². The number of aliphatic hydroxyl groups excluding tert-OH is 1. The van der Waals surface area contributed by atoms with Gasteiger partial charge in [0.15, 0.2) is 0 Å². The Morgan fingerprint density at radius 1 is 0.947 bits per heavy atom. The van der Waals surface area contributed by atoms with E-state index in [1.165, 1.54) is 0 Å². The standard InChI is InChI=1S/C14H28O5/c1-14(2,3)19-13(16)12-18-11-7-10-17-9-6-4-5-8-15/h15H,4-12H2,1-3H3. The van der Waals surface area contributed by atoms with Crippen molar-refractivity contribution in [2.75, 3.05) is 33.0 Å². The first-order valence-corrected chi connectivity index (χ1v) is 6.94. The largest absolute Gasteiger partial charge is 0.458 e. The van der Waals surface area contributed by atoms with E-state index < -0.39 is 5.60 Å². The molecule has 0 aromatic rings. The molecule has 114 valence electrons. The smallest absolute Gasteiger partial charge is 0.332 e. The molecule has 0 rings (SSSR count). The molecule has 0 bridgehead atoms. The number of rotatable bonds is 11. The van der Waals surface area contributed by atoms with Crippen LogP contribution in [0.5, 0.6) is 0 Å². The van der Waals surface area contributed by atoms with E-state index in [-0.39, 0.29) is 19.2 Å². The molecule has 0 fully saturated rings. The molecule has 0 aromatic carbocycles. The Morgan fingerprint density at radius 2 is 1.58 bits per heavy atom. The van der Waals surface area contributed by atoms with Crippen LogP contribution in [0.3, 0.4) is 0 Å². The van der Waals surface area contributed by atoms with E-state index >= 15 is 0 Å². The second kappa shape index (κ2) is 11.2. The highest BCUT2D eigenvalue weighted by Crippen LogP contribution is 2.06. The van der Waals surface area contributed by atoms with Gasteiger partial charge in [0.2, 0.25) is 0 Å². The van der Waals surface area contributed by atoms with Gasteiger partial charge < -0.3 is 19.3 Å². The predicted molar refractivity (Wildman–Crippen MR) is 73.0 cm³/mol. The summed E-state index contributed by atoms with van der Waals surface area (Å²) in [5.41, 5.74) is -0.460. The third-order valence-corrected chi connectivity index (χ3v) is 2.16. The lowest BCUT2D eigenvalue weighted by Gasteiger charge is -2.19. The van der Waals surface area contributed by atoms with Gasteiger partial charge in [-0.25, -0.2) is 4.79 Å². The maximum Gasteiger partial charge on any atom is 0.332 e. The lowest BCUT2D eigenvalue weighted by Crippen LogP contribution is -2.26. The normalized spacial score (nSPS) is 11.6. The van der Waals surface area contributed by atoms with Gasteiger partial charge in [-0.2, -0.15) is 0 Å². The fraction of sp³-hybridized carbons (Fsp3) is 0.929. The third-order valence-electron chi connectivity index (χ3n) is 2.16. The molecule has 0 aliphatic heterocycles. The summed E-state index contributed by atoms with van der Waals surface area (Å²) in [7, 11) is 0. The number of aliphatic hydroxyl groups is 1. The van der Waals surface area contributed by atoms with Gasteiger partial charge in [0, 0.05) is 26.4 Å². The van der Waals surface area contributed by atoms with E-state index in [1.54, 1.807) is 0 Å². The zero-order valence-electron chi connectivity index (χ0n) is 12.4. The molecule has 0 radical (unpaired) electrons. The van der Waals surface area contributed by atoms with Crippen LogP contribution in [0.1, 0.15) is 46.5 Å². The third kappa shape index (κ3) is 15.3. The molecule has 0 unspecified atom stereocenters. The van der Waals surface area contributed by atoms with Crippen molar-refractivity contribution in [3.05, 3.63) is 0 Å². The minimum absolute atomic E-state index is 0.00618. The summed E-state index contributed by atoms with van der Waals surface area (Å²) in [5, 5.41) is 8.59. The van der Waals surface area contributed by atoms with Gasteiger partial charge in [0.1, 0.15) is 12.2 Å². The van der Waals surface area contributed by atoms with Crippen LogP contribution in [0, 0.1) is 0 Å². The van der Waals surface area contributed by atoms with Crippen LogP contribution < -0.4 is 0 Å². The number of hydrogen-bond acceptors (Lipinski definition) is 5. The Bertz CT molecular complexity index is 222. The number of carbonyl (C=O) groups excluding carboxylic acids is 1. The highest BCUT2D eigenvalue weighted by Gasteiger charge is 2.15. The van der Waals surface area contributed by atoms with Crippen molar-refractivity contribution in [2.45, 2.75) is 52.1 Å². The summed E-state index contributed by atoms with van der Waals surface area (Å²) in [4.78, 5) is 11.3. The van der Waals surface area contributed by atoms with E-state index in [1.807, 2.05) is 20.8 Å². The summed E-state index contributed by atoms with van der Waals surface area (Å²) < 4.78 is 15.7. The van der Waals surface area contributed by atoms with Crippen LogP contribution in [0.15, 0.2) is 0 Å². The zero-order valence-corrected chi connectivity index (χ0v) is 12.4. The molecule has 0 aliphatic rings. The molecule has 5 nitrogen and oxygen atoms in total. The molecule has 0 heterocycles. The fourth-order valence-electron chi connectivity index (χ4n) is 1.38. The number of carbonyl (C=O) groups is 1. The molecular weight excluding hydrogens is 248 g/mol. The van der Waals surface area contributed by atoms with Crippen molar-refractivity contribution in [1.82, 2.24) is 0 Å². The van der Waals surface area contributed by atoms with Gasteiger partial charge in [-0.1, -0.05) is 0 Å². The second-order valence-corrected chi connectivity index (χ2v) is 5.39. The van der Waals surface area contributed by atoms with Crippen LogP contribution >= 0.6 is 0 Å². The highest BCUT2D eigenvalue weighted by molar-refractivity contribution is 5.71. The molecular formula is C14H28O5. The first-order chi connectivity index (χ1) is 8.95. The first kappa shape index (κ1) is 18.4. The molecule has 0 spiro atoms. The Kier molecular flexibility index (Phi) is 10.8. The van der Waals surface area contributed by atoms with Gasteiger partial charge in [-0.15, -0.1) is 0 Å². The number of ether oxygens (including phenoxy) is 3. The summed E-state index contributed by atoms with van der Waals surface area (Å²) in [6, 6.07) is 0. The number of unbranched alkanes of at least 4 members (excludes halogenated alkanes) is 2. The number of hydrogen-bond donors (Lipinski definition) is 1. The lowest BCUT2D eigenvalue weighted by molar-refractivity contribution is -0.160. The van der Waals surface area contributed by atoms with Crippen LogP contribution in [0.25, 0.3) is 0 Å². The van der Waals surface area contributed by atoms with Crippen molar-refractivity contribution in [2.24, 2.45) is 0 Å². The molecule has 1 N–H and O–H groups in total. The Hall–Kier alpha value is -0.650. The van der Waals surface area contributed by atoms with Crippen LogP contribution in [0.4, 0.5) is 0 Å². The van der Waals surface area contributed by atoms with Crippen molar-refractivity contribution in [1.29, 1.82) is 0 Å². The van der Waals surface area contributed by atoms with Gasteiger partial charge in [-0.05, 0) is 46.5 Å². The van der Waals surface area contributed by atoms with E-state index in [0.717, 1.165) is 25.7 Å². The molecule has 5 heteroatoms. The van der Waals surface area contributed by atoms with Crippen molar-refractivity contribution < 1.29 is 24.1 Å². The van der Waals surface area contributed by atoms with Crippen molar-refractivity contribution in [3.63, 3.8) is 0 Å². The maximum atomic E-state index is 11.3. The van der Waals surface area contributed by atoms with Crippen LogP contribution in [-0.2, 0) is 19.0 Å². The summed E-state index contributed by atoms with van der Waals surface area (Å²) >= 11 is 0. The summed E-state index contributed by atoms with van der Waals surface area (Å²) in [5.74, 6) is -0.336. The Labute approximate surface area is 116 Å². The van der Waals surface area contributed by atoms with Crippen molar-refractivity contribution >= 4 is 5.97 Å². The molecule has 0 saturated carbocycles. The monoisotopic (exact) mass is 276 g/mol. The molecule has 0 aliphatic carbocycles. The Morgan fingerprint density at radius 3 is 2.21 bits per heavy atom. The zero-order chi connectivity index (χ0) is 14.6. The highest BCUT2D eigenvalue weighted by atomic mass is 16.6. The first-order valence-electron chi connectivity index (χ1n) is 6.94. The second-order valence-electron chi connectivity index (χ2n) is 5.39. The molecule has 0 atom stereocenters. The summed E-state index contributed by atoms with van der Waals surface area (Å²) in [6.07, 6.45) is 3.57. The lowest BCUT2D eigenvalue weighted by atomic mass is 10.2. The predicted octanol–water partition coefficient (Wildman–Crippen LogP) is 1.91. The van der Waals surface area contributed by atoms with Gasteiger partial charge in [0.05, 0.1) is 0 Å². The van der Waals surface area contributed by atoms with Gasteiger partial charge >= 0.3 is 5.97 Å². The summed E-state index contributed by atoms with van der Waals surface area (Å²) in [6.45, 7) is 7.57. The van der Waals surface area contributed by atoms with Crippen LogP contribution in [0.2, 0.25) is 0 Å². The Balaban J connectivity index is 3.21. The van der Waals surface area contributed by atoms with Gasteiger partial charge in [0.25, 0.3) is 0 Å². The van der Waals surface area contributed by atoms with E-state index in [9.17, 15) is 4.79 Å². The van der Waals surface area contributed by atoms with Gasteiger partial charge in [-0.3, -0.25) is 0 Å². The van der Waals surface area contributed by atoms with E-state index in [0.29, 0.717) is 19.8 Å². The molecule has 0 aromatic heterocycles. The number of esters is 1. The quantitative estimate of drug-likeness (QED) is 0.461. The average molecular weight is 276 g/mol.